The van der Waals surface area contributed by atoms with Crippen LogP contribution < -0.4 is 5.32 Å². The number of carbonyl (C=O) groups excluding carboxylic acids is 1. The second-order valence-corrected chi connectivity index (χ2v) is 3.92. The first-order chi connectivity index (χ1) is 5.29. The smallest absolute Gasteiger partial charge is 0.223 e. The molecule has 1 saturated carbocycles. The third kappa shape index (κ3) is 1.05. The lowest BCUT2D eigenvalue weighted by atomic mass is 9.81. The van der Waals surface area contributed by atoms with Gasteiger partial charge in [0.05, 0.1) is 0 Å². The van der Waals surface area contributed by atoms with Crippen molar-refractivity contribution in [3.05, 3.63) is 0 Å². The standard InChI is InChI=1S/C9H15NO/c1-6-5-10-9(11)8-4-2-3-7(6)8/h6-8H,2-5H2,1H3,(H,10,11). The molecule has 3 unspecified atom stereocenters. The summed E-state index contributed by atoms with van der Waals surface area (Å²) < 4.78 is 0. The van der Waals surface area contributed by atoms with Crippen molar-refractivity contribution in [2.24, 2.45) is 17.8 Å². The molecule has 2 rings (SSSR count). The molecule has 0 radical (unpaired) electrons. The average Bonchev–Trinajstić information content (AvgIpc) is 2.45. The molecule has 0 aromatic heterocycles. The molecule has 0 aromatic carbocycles. The van der Waals surface area contributed by atoms with Gasteiger partial charge in [-0.25, -0.2) is 0 Å². The van der Waals surface area contributed by atoms with Crippen LogP contribution >= 0.6 is 0 Å². The molecule has 1 aliphatic heterocycles. The topological polar surface area (TPSA) is 29.1 Å². The largest absolute Gasteiger partial charge is 0.356 e. The number of piperidine rings is 1. The molecule has 2 aliphatic rings. The Balaban J connectivity index is 2.14. The first kappa shape index (κ1) is 7.14. The van der Waals surface area contributed by atoms with Crippen molar-refractivity contribution in [2.75, 3.05) is 6.54 Å². The van der Waals surface area contributed by atoms with E-state index < -0.39 is 0 Å². The van der Waals surface area contributed by atoms with Crippen LogP contribution in [0.15, 0.2) is 0 Å². The maximum absolute atomic E-state index is 11.3. The highest BCUT2D eigenvalue weighted by Crippen LogP contribution is 2.38. The number of nitrogens with one attached hydrogen (secondary N) is 1. The number of amides is 1. The van der Waals surface area contributed by atoms with Crippen LogP contribution in [0.2, 0.25) is 0 Å². The molecule has 1 aliphatic carbocycles. The lowest BCUT2D eigenvalue weighted by molar-refractivity contribution is -0.129. The normalized spacial score (nSPS) is 43.4. The van der Waals surface area contributed by atoms with Gasteiger partial charge in [0, 0.05) is 12.5 Å². The SMILES string of the molecule is CC1CNC(=O)C2CCCC12. The number of rotatable bonds is 0. The van der Waals surface area contributed by atoms with E-state index in [9.17, 15) is 4.79 Å². The molecule has 1 N–H and O–H groups in total. The van der Waals surface area contributed by atoms with Crippen LogP contribution in [0.3, 0.4) is 0 Å². The van der Waals surface area contributed by atoms with Crippen LogP contribution in [0.5, 0.6) is 0 Å². The molecule has 2 nitrogen and oxygen atoms in total. The van der Waals surface area contributed by atoms with E-state index in [-0.39, 0.29) is 0 Å². The van der Waals surface area contributed by atoms with E-state index in [0.29, 0.717) is 23.7 Å². The highest BCUT2D eigenvalue weighted by molar-refractivity contribution is 5.80. The molecule has 0 bridgehead atoms. The van der Waals surface area contributed by atoms with Gasteiger partial charge < -0.3 is 5.32 Å². The fraction of sp³-hybridized carbons (Fsp3) is 0.889. The molecular formula is C9H15NO. The Kier molecular flexibility index (Phi) is 1.63. The fourth-order valence-electron chi connectivity index (χ4n) is 2.54. The summed E-state index contributed by atoms with van der Waals surface area (Å²) in [5, 5.41) is 2.96. The van der Waals surface area contributed by atoms with Crippen molar-refractivity contribution < 1.29 is 4.79 Å². The van der Waals surface area contributed by atoms with Crippen molar-refractivity contribution in [3.8, 4) is 0 Å². The molecular weight excluding hydrogens is 138 g/mol. The van der Waals surface area contributed by atoms with Gasteiger partial charge in [-0.15, -0.1) is 0 Å². The first-order valence-corrected chi connectivity index (χ1v) is 4.57. The number of fused-ring (bicyclic) bond motifs is 1. The summed E-state index contributed by atoms with van der Waals surface area (Å²) >= 11 is 0. The van der Waals surface area contributed by atoms with Gasteiger partial charge in [-0.2, -0.15) is 0 Å². The summed E-state index contributed by atoms with van der Waals surface area (Å²) in [7, 11) is 0. The van der Waals surface area contributed by atoms with E-state index in [1.807, 2.05) is 0 Å². The van der Waals surface area contributed by atoms with Gasteiger partial charge >= 0.3 is 0 Å². The van der Waals surface area contributed by atoms with Crippen LogP contribution in [0.4, 0.5) is 0 Å². The van der Waals surface area contributed by atoms with Crippen molar-refractivity contribution in [1.82, 2.24) is 5.32 Å². The van der Waals surface area contributed by atoms with Gasteiger partial charge in [0.2, 0.25) is 5.91 Å². The Labute approximate surface area is 67.4 Å². The Morgan fingerprint density at radius 3 is 3.00 bits per heavy atom. The lowest BCUT2D eigenvalue weighted by Crippen LogP contribution is -2.44. The van der Waals surface area contributed by atoms with Gasteiger partial charge in [0.25, 0.3) is 0 Å². The molecule has 0 aromatic rings. The van der Waals surface area contributed by atoms with Crippen LogP contribution in [-0.2, 0) is 4.79 Å². The zero-order chi connectivity index (χ0) is 7.84. The van der Waals surface area contributed by atoms with E-state index in [4.69, 9.17) is 0 Å². The number of hydrogen-bond donors (Lipinski definition) is 1. The summed E-state index contributed by atoms with van der Waals surface area (Å²) in [4.78, 5) is 11.3. The predicted molar refractivity (Wildman–Crippen MR) is 43.0 cm³/mol. The van der Waals surface area contributed by atoms with Gasteiger partial charge in [-0.3, -0.25) is 4.79 Å². The van der Waals surface area contributed by atoms with Gasteiger partial charge in [0.15, 0.2) is 0 Å². The molecule has 62 valence electrons. The minimum absolute atomic E-state index is 0.311. The maximum atomic E-state index is 11.3. The van der Waals surface area contributed by atoms with Crippen LogP contribution in [-0.4, -0.2) is 12.5 Å². The minimum Gasteiger partial charge on any atom is -0.356 e. The Morgan fingerprint density at radius 1 is 1.45 bits per heavy atom. The molecule has 1 saturated heterocycles. The lowest BCUT2D eigenvalue weighted by Gasteiger charge is -2.30. The van der Waals surface area contributed by atoms with Gasteiger partial charge in [-0.1, -0.05) is 13.3 Å². The van der Waals surface area contributed by atoms with E-state index >= 15 is 0 Å². The summed E-state index contributed by atoms with van der Waals surface area (Å²) in [6.45, 7) is 3.16. The Hall–Kier alpha value is -0.530. The summed E-state index contributed by atoms with van der Waals surface area (Å²) in [6, 6.07) is 0. The highest BCUT2D eigenvalue weighted by atomic mass is 16.2. The summed E-state index contributed by atoms with van der Waals surface area (Å²) in [6.07, 6.45) is 3.66. The molecule has 1 amide bonds. The molecule has 3 atom stereocenters. The second kappa shape index (κ2) is 2.50. The summed E-state index contributed by atoms with van der Waals surface area (Å²) in [5.41, 5.74) is 0. The summed E-state index contributed by atoms with van der Waals surface area (Å²) in [5.74, 6) is 2.08. The third-order valence-electron chi connectivity index (χ3n) is 3.24. The molecule has 11 heavy (non-hydrogen) atoms. The third-order valence-corrected chi connectivity index (χ3v) is 3.24. The van der Waals surface area contributed by atoms with E-state index in [0.717, 1.165) is 13.0 Å². The van der Waals surface area contributed by atoms with Crippen LogP contribution in [0.1, 0.15) is 26.2 Å². The number of carbonyl (C=O) groups is 1. The quantitative estimate of drug-likeness (QED) is 0.556. The zero-order valence-electron chi connectivity index (χ0n) is 6.97. The van der Waals surface area contributed by atoms with Crippen molar-refractivity contribution >= 4 is 5.91 Å². The molecule has 2 heteroatoms. The zero-order valence-corrected chi connectivity index (χ0v) is 6.97. The predicted octanol–water partition coefficient (Wildman–Crippen LogP) is 1.17. The van der Waals surface area contributed by atoms with E-state index in [1.54, 1.807) is 0 Å². The van der Waals surface area contributed by atoms with Gasteiger partial charge in [0.1, 0.15) is 0 Å². The van der Waals surface area contributed by atoms with Gasteiger partial charge in [-0.05, 0) is 24.7 Å². The Morgan fingerprint density at radius 2 is 2.27 bits per heavy atom. The van der Waals surface area contributed by atoms with E-state index in [2.05, 4.69) is 12.2 Å². The monoisotopic (exact) mass is 153 g/mol. The van der Waals surface area contributed by atoms with E-state index in [1.165, 1.54) is 12.8 Å². The highest BCUT2D eigenvalue weighted by Gasteiger charge is 2.39. The first-order valence-electron chi connectivity index (χ1n) is 4.57. The van der Waals surface area contributed by atoms with Crippen molar-refractivity contribution in [1.29, 1.82) is 0 Å². The molecule has 0 spiro atoms. The fourth-order valence-corrected chi connectivity index (χ4v) is 2.54. The average molecular weight is 153 g/mol. The minimum atomic E-state index is 0.311. The number of hydrogen-bond acceptors (Lipinski definition) is 1. The Bertz CT molecular complexity index is 178. The molecule has 1 heterocycles. The van der Waals surface area contributed by atoms with Crippen LogP contribution in [0, 0.1) is 17.8 Å². The molecule has 2 fully saturated rings. The van der Waals surface area contributed by atoms with Crippen LogP contribution in [0.25, 0.3) is 0 Å². The second-order valence-electron chi connectivity index (χ2n) is 3.92. The van der Waals surface area contributed by atoms with Crippen molar-refractivity contribution in [2.45, 2.75) is 26.2 Å². The maximum Gasteiger partial charge on any atom is 0.223 e. The van der Waals surface area contributed by atoms with Crippen molar-refractivity contribution in [3.63, 3.8) is 0 Å².